The van der Waals surface area contributed by atoms with Gasteiger partial charge in [-0.05, 0) is 30.3 Å². The van der Waals surface area contributed by atoms with Gasteiger partial charge in [0.1, 0.15) is 5.65 Å². The van der Waals surface area contributed by atoms with Gasteiger partial charge in [-0.2, -0.15) is 0 Å². The molecule has 0 aliphatic rings. The maximum Gasteiger partial charge on any atom is 0.332 e. The van der Waals surface area contributed by atoms with Gasteiger partial charge < -0.3 is 10.6 Å². The average Bonchev–Trinajstić information content (AvgIpc) is 2.70. The maximum absolute atomic E-state index is 12.5. The minimum atomic E-state index is -0.461. The van der Waals surface area contributed by atoms with Gasteiger partial charge in [0.15, 0.2) is 0 Å². The average molecular weight is 413 g/mol. The van der Waals surface area contributed by atoms with E-state index in [4.69, 9.17) is 0 Å². The number of amides is 2. The van der Waals surface area contributed by atoms with Crippen LogP contribution in [0, 0.1) is 0 Å². The van der Waals surface area contributed by atoms with Gasteiger partial charge in [0, 0.05) is 43.5 Å². The van der Waals surface area contributed by atoms with Gasteiger partial charge in [-0.15, -0.1) is 11.8 Å². The zero-order valence-corrected chi connectivity index (χ0v) is 16.9. The van der Waals surface area contributed by atoms with Crippen LogP contribution in [0.4, 0.5) is 11.4 Å². The fourth-order valence-electron chi connectivity index (χ4n) is 2.76. The molecule has 9 nitrogen and oxygen atoms in total. The fourth-order valence-corrected chi connectivity index (χ4v) is 3.60. The van der Waals surface area contributed by atoms with Crippen LogP contribution in [-0.2, 0) is 23.7 Å². The first-order chi connectivity index (χ1) is 13.8. The van der Waals surface area contributed by atoms with Crippen molar-refractivity contribution >= 4 is 46.0 Å². The second-order valence-corrected chi connectivity index (χ2v) is 7.33. The number of carbonyl (C=O) groups is 2. The zero-order valence-electron chi connectivity index (χ0n) is 16.1. The molecule has 2 amide bonds. The summed E-state index contributed by atoms with van der Waals surface area (Å²) in [5.74, 6) is -0.362. The van der Waals surface area contributed by atoms with Crippen LogP contribution in [0.5, 0.6) is 0 Å². The third-order valence-corrected chi connectivity index (χ3v) is 5.21. The molecule has 2 N–H and O–H groups in total. The highest BCUT2D eigenvalue weighted by Crippen LogP contribution is 2.23. The highest BCUT2D eigenvalue weighted by atomic mass is 32.2. The van der Waals surface area contributed by atoms with E-state index in [-0.39, 0.29) is 23.2 Å². The molecule has 3 aromatic rings. The van der Waals surface area contributed by atoms with Gasteiger partial charge in [0.05, 0.1) is 11.1 Å². The van der Waals surface area contributed by atoms with Gasteiger partial charge >= 0.3 is 5.69 Å². The van der Waals surface area contributed by atoms with Crippen LogP contribution >= 0.6 is 11.8 Å². The summed E-state index contributed by atoms with van der Waals surface area (Å²) in [7, 11) is 2.95. The largest absolute Gasteiger partial charge is 0.332 e. The molecule has 150 valence electrons. The Balaban J connectivity index is 1.75. The lowest BCUT2D eigenvalue weighted by Crippen LogP contribution is -2.37. The summed E-state index contributed by atoms with van der Waals surface area (Å²) < 4.78 is 2.32. The van der Waals surface area contributed by atoms with E-state index in [9.17, 15) is 19.2 Å². The van der Waals surface area contributed by atoms with E-state index >= 15 is 0 Å². The number of nitrogens with zero attached hydrogens (tertiary/aromatic N) is 3. The number of hydrogen-bond acceptors (Lipinski definition) is 6. The number of aryl methyl sites for hydroxylation is 1. The highest BCUT2D eigenvalue weighted by Gasteiger charge is 2.14. The standard InChI is InChI=1S/C19H19N5O4S/c1-11(25)21-12-4-6-13(7-5-12)22-15(26)10-29-14-8-9-20-17-16(14)18(27)24(3)19(28)23(17)2/h4-9H,10H2,1-3H3,(H,21,25)(H,22,26). The number of hydrogen-bond donors (Lipinski definition) is 2. The van der Waals surface area contributed by atoms with Crippen molar-refractivity contribution < 1.29 is 9.59 Å². The van der Waals surface area contributed by atoms with E-state index in [1.165, 1.54) is 36.5 Å². The number of anilines is 2. The first-order valence-corrected chi connectivity index (χ1v) is 9.61. The Morgan fingerprint density at radius 3 is 2.24 bits per heavy atom. The van der Waals surface area contributed by atoms with Crippen molar-refractivity contribution in [1.82, 2.24) is 14.1 Å². The van der Waals surface area contributed by atoms with Crippen molar-refractivity contribution in [3.63, 3.8) is 0 Å². The molecular weight excluding hydrogens is 394 g/mol. The molecule has 1 aromatic carbocycles. The first kappa shape index (κ1) is 20.3. The van der Waals surface area contributed by atoms with Gasteiger partial charge in [-0.1, -0.05) is 0 Å². The number of nitrogens with one attached hydrogen (secondary N) is 2. The monoisotopic (exact) mass is 413 g/mol. The summed E-state index contributed by atoms with van der Waals surface area (Å²) in [6, 6.07) is 8.38. The summed E-state index contributed by atoms with van der Waals surface area (Å²) in [4.78, 5) is 52.6. The Morgan fingerprint density at radius 1 is 1.00 bits per heavy atom. The van der Waals surface area contributed by atoms with Crippen LogP contribution in [-0.4, -0.2) is 31.7 Å². The van der Waals surface area contributed by atoms with Crippen LogP contribution in [0.1, 0.15) is 6.92 Å². The topological polar surface area (TPSA) is 115 Å². The molecule has 0 spiro atoms. The van der Waals surface area contributed by atoms with Gasteiger partial charge in [0.2, 0.25) is 11.8 Å². The number of carbonyl (C=O) groups excluding carboxylic acids is 2. The lowest BCUT2D eigenvalue weighted by Gasteiger charge is -2.10. The Morgan fingerprint density at radius 2 is 1.62 bits per heavy atom. The van der Waals surface area contributed by atoms with E-state index in [2.05, 4.69) is 15.6 Å². The van der Waals surface area contributed by atoms with E-state index in [0.29, 0.717) is 21.7 Å². The number of fused-ring (bicyclic) bond motifs is 1. The minimum absolute atomic E-state index is 0.0680. The van der Waals surface area contributed by atoms with Crippen molar-refractivity contribution in [2.45, 2.75) is 11.8 Å². The van der Waals surface area contributed by atoms with E-state index in [1.807, 2.05) is 0 Å². The molecule has 29 heavy (non-hydrogen) atoms. The predicted molar refractivity (Wildman–Crippen MR) is 112 cm³/mol. The molecule has 0 unspecified atom stereocenters. The molecule has 0 radical (unpaired) electrons. The van der Waals surface area contributed by atoms with Gasteiger partial charge in [-0.25, -0.2) is 9.78 Å². The molecule has 2 aromatic heterocycles. The molecule has 0 atom stereocenters. The van der Waals surface area contributed by atoms with Crippen molar-refractivity contribution in [3.05, 3.63) is 57.4 Å². The third-order valence-electron chi connectivity index (χ3n) is 4.15. The number of rotatable bonds is 5. The molecular formula is C19H19N5O4S. The Hall–Kier alpha value is -3.40. The van der Waals surface area contributed by atoms with Crippen molar-refractivity contribution in [1.29, 1.82) is 0 Å². The lowest BCUT2D eigenvalue weighted by atomic mass is 10.3. The van der Waals surface area contributed by atoms with Gasteiger partial charge in [-0.3, -0.25) is 23.5 Å². The Kier molecular flexibility index (Phi) is 5.83. The Bertz CT molecular complexity index is 1210. The van der Waals surface area contributed by atoms with Crippen LogP contribution in [0.2, 0.25) is 0 Å². The summed E-state index contributed by atoms with van der Waals surface area (Å²) >= 11 is 1.19. The second kappa shape index (κ2) is 8.31. The van der Waals surface area contributed by atoms with Crippen LogP contribution in [0.3, 0.4) is 0 Å². The normalized spacial score (nSPS) is 10.7. The predicted octanol–water partition coefficient (Wildman–Crippen LogP) is 1.32. The zero-order chi connectivity index (χ0) is 21.1. The minimum Gasteiger partial charge on any atom is -0.326 e. The van der Waals surface area contributed by atoms with E-state index < -0.39 is 11.2 Å². The molecule has 0 aliphatic heterocycles. The van der Waals surface area contributed by atoms with Crippen molar-refractivity contribution in [2.24, 2.45) is 14.1 Å². The highest BCUT2D eigenvalue weighted by molar-refractivity contribution is 8.00. The SMILES string of the molecule is CC(=O)Nc1ccc(NC(=O)CSc2ccnc3c2c(=O)n(C)c(=O)n3C)cc1. The fraction of sp³-hybridized carbons (Fsp3) is 0.211. The molecule has 0 bridgehead atoms. The first-order valence-electron chi connectivity index (χ1n) is 8.63. The van der Waals surface area contributed by atoms with Crippen molar-refractivity contribution in [2.75, 3.05) is 16.4 Å². The quantitative estimate of drug-likeness (QED) is 0.610. The molecule has 0 saturated carbocycles. The molecule has 0 aliphatic carbocycles. The smallest absolute Gasteiger partial charge is 0.326 e. The summed E-state index contributed by atoms with van der Waals surface area (Å²) in [6.07, 6.45) is 1.50. The van der Waals surface area contributed by atoms with Crippen LogP contribution in [0.25, 0.3) is 11.0 Å². The number of aromatic nitrogens is 3. The van der Waals surface area contributed by atoms with E-state index in [0.717, 1.165) is 4.57 Å². The summed E-state index contributed by atoms with van der Waals surface area (Å²) in [6.45, 7) is 1.42. The maximum atomic E-state index is 12.5. The molecule has 0 fully saturated rings. The third kappa shape index (κ3) is 4.37. The van der Waals surface area contributed by atoms with Crippen molar-refractivity contribution in [3.8, 4) is 0 Å². The second-order valence-electron chi connectivity index (χ2n) is 6.31. The molecule has 10 heteroatoms. The van der Waals surface area contributed by atoms with E-state index in [1.54, 1.807) is 37.4 Å². The van der Waals surface area contributed by atoms with Gasteiger partial charge in [0.25, 0.3) is 5.56 Å². The molecule has 3 rings (SSSR count). The summed E-state index contributed by atoms with van der Waals surface area (Å²) in [5, 5.41) is 5.71. The van der Waals surface area contributed by atoms with Crippen LogP contribution in [0.15, 0.2) is 51.0 Å². The number of pyridine rings is 1. The number of benzene rings is 1. The Labute approximate surface area is 169 Å². The lowest BCUT2D eigenvalue weighted by molar-refractivity contribution is -0.114. The summed E-state index contributed by atoms with van der Waals surface area (Å²) in [5.41, 5.74) is 0.583. The number of thioether (sulfide) groups is 1. The molecule has 0 saturated heterocycles. The van der Waals surface area contributed by atoms with Crippen LogP contribution < -0.4 is 21.9 Å². The molecule has 2 heterocycles.